The molecule has 0 saturated carbocycles. The fourth-order valence-electron chi connectivity index (χ4n) is 0.856. The third kappa shape index (κ3) is 1.33. The number of aryl methyl sites for hydroxylation is 1. The Hall–Kier alpha value is -1.99. The van der Waals surface area contributed by atoms with Gasteiger partial charge in [-0.2, -0.15) is 4.68 Å². The van der Waals surface area contributed by atoms with Crippen LogP contribution in [0.4, 0.5) is 0 Å². The van der Waals surface area contributed by atoms with Gasteiger partial charge in [0.2, 0.25) is 0 Å². The monoisotopic (exact) mass is 182 g/mol. The number of hydrogen-bond acceptors (Lipinski definition) is 6. The molecule has 0 amide bonds. The summed E-state index contributed by atoms with van der Waals surface area (Å²) in [6.07, 6.45) is 0. The van der Waals surface area contributed by atoms with Crippen molar-refractivity contribution in [1.29, 1.82) is 0 Å². The summed E-state index contributed by atoms with van der Waals surface area (Å²) < 4.78 is 5.59. The molecule has 8 heteroatoms. The van der Waals surface area contributed by atoms with Gasteiger partial charge >= 0.3 is 5.69 Å². The van der Waals surface area contributed by atoms with Crippen LogP contribution in [0.25, 0.3) is 0 Å². The molecule has 1 N–H and O–H groups in total. The topological polar surface area (TPSA) is 102 Å². The Balaban J connectivity index is 2.29. The van der Waals surface area contributed by atoms with Gasteiger partial charge in [0.1, 0.15) is 11.4 Å². The molecule has 0 aromatic carbocycles. The van der Waals surface area contributed by atoms with Gasteiger partial charge in [0.05, 0.1) is 6.54 Å². The maximum atomic E-state index is 11.0. The summed E-state index contributed by atoms with van der Waals surface area (Å²) in [4.78, 5) is 11.0. The van der Waals surface area contributed by atoms with E-state index in [2.05, 4.69) is 30.5 Å². The number of aromatic amines is 1. The number of rotatable bonds is 2. The molecule has 8 nitrogen and oxygen atoms in total. The predicted octanol–water partition coefficient (Wildman–Crippen LogP) is -1.29. The number of nitrogens with zero attached hydrogens (tertiary/aromatic N) is 5. The zero-order valence-electron chi connectivity index (χ0n) is 6.76. The van der Waals surface area contributed by atoms with E-state index in [9.17, 15) is 4.79 Å². The van der Waals surface area contributed by atoms with Crippen LogP contribution in [0.3, 0.4) is 0 Å². The highest BCUT2D eigenvalue weighted by molar-refractivity contribution is 5.04. The molecule has 2 aromatic heterocycles. The average Bonchev–Trinajstić information content (AvgIpc) is 2.65. The summed E-state index contributed by atoms with van der Waals surface area (Å²) in [5, 5.41) is 16.2. The second-order valence-electron chi connectivity index (χ2n) is 2.46. The van der Waals surface area contributed by atoms with Gasteiger partial charge in [-0.3, -0.25) is 0 Å². The molecule has 2 aromatic rings. The molecule has 0 saturated heterocycles. The highest BCUT2D eigenvalue weighted by atomic mass is 16.6. The van der Waals surface area contributed by atoms with Crippen LogP contribution < -0.4 is 5.69 Å². The first-order valence-corrected chi connectivity index (χ1v) is 3.53. The molecule has 2 heterocycles. The number of H-pyrrole nitrogens is 1. The van der Waals surface area contributed by atoms with Crippen LogP contribution in [-0.2, 0) is 6.54 Å². The Kier molecular flexibility index (Phi) is 1.65. The molecular weight excluding hydrogens is 176 g/mol. The Morgan fingerprint density at radius 2 is 2.38 bits per heavy atom. The second-order valence-corrected chi connectivity index (χ2v) is 2.46. The molecule has 0 aliphatic rings. The Labute approximate surface area is 71.5 Å². The molecule has 0 aliphatic heterocycles. The second kappa shape index (κ2) is 2.81. The molecular formula is C5H6N6O2. The molecule has 0 fully saturated rings. The summed E-state index contributed by atoms with van der Waals surface area (Å²) in [7, 11) is 0. The van der Waals surface area contributed by atoms with Crippen molar-refractivity contribution in [2.75, 3.05) is 0 Å². The standard InChI is InChI=1S/C5H6N6O2/c1-3-4(8-13-7-3)2-11-5(12)6-9-10-11/h2H2,1H3,(H,6,10,12). The lowest BCUT2D eigenvalue weighted by Crippen LogP contribution is -2.19. The summed E-state index contributed by atoms with van der Waals surface area (Å²) in [5.41, 5.74) is 0.813. The van der Waals surface area contributed by atoms with Crippen molar-refractivity contribution in [3.8, 4) is 0 Å². The lowest BCUT2D eigenvalue weighted by Gasteiger charge is -1.91. The van der Waals surface area contributed by atoms with Crippen LogP contribution in [0.15, 0.2) is 9.42 Å². The van der Waals surface area contributed by atoms with Gasteiger partial charge in [-0.1, -0.05) is 10.3 Å². The van der Waals surface area contributed by atoms with Crippen LogP contribution in [-0.4, -0.2) is 30.5 Å². The number of nitrogens with one attached hydrogen (secondary N) is 1. The van der Waals surface area contributed by atoms with Crippen molar-refractivity contribution in [2.24, 2.45) is 0 Å². The number of hydrogen-bond donors (Lipinski definition) is 1. The van der Waals surface area contributed by atoms with Crippen LogP contribution in [0.2, 0.25) is 0 Å². The fraction of sp³-hybridized carbons (Fsp3) is 0.400. The number of tetrazole rings is 1. The van der Waals surface area contributed by atoms with E-state index in [1.54, 1.807) is 6.92 Å². The summed E-state index contributed by atoms with van der Waals surface area (Å²) >= 11 is 0. The lowest BCUT2D eigenvalue weighted by molar-refractivity contribution is 0.300. The first-order valence-electron chi connectivity index (χ1n) is 3.53. The molecule has 0 spiro atoms. The lowest BCUT2D eigenvalue weighted by atomic mass is 10.3. The van der Waals surface area contributed by atoms with Gasteiger partial charge in [-0.15, -0.1) is 0 Å². The van der Waals surface area contributed by atoms with Gasteiger partial charge < -0.3 is 0 Å². The Morgan fingerprint density at radius 1 is 1.54 bits per heavy atom. The predicted molar refractivity (Wildman–Crippen MR) is 38.8 cm³/mol. The molecule has 0 atom stereocenters. The Morgan fingerprint density at radius 3 is 2.92 bits per heavy atom. The van der Waals surface area contributed by atoms with Crippen molar-refractivity contribution in [3.05, 3.63) is 21.9 Å². The summed E-state index contributed by atoms with van der Waals surface area (Å²) in [6.45, 7) is 1.95. The van der Waals surface area contributed by atoms with E-state index in [1.165, 1.54) is 0 Å². The minimum absolute atomic E-state index is 0.213. The highest BCUT2D eigenvalue weighted by Crippen LogP contribution is 1.99. The summed E-state index contributed by atoms with van der Waals surface area (Å²) in [6, 6.07) is 0. The minimum atomic E-state index is -0.387. The van der Waals surface area contributed by atoms with E-state index in [0.29, 0.717) is 11.4 Å². The van der Waals surface area contributed by atoms with Crippen molar-refractivity contribution >= 4 is 0 Å². The van der Waals surface area contributed by atoms with Crippen molar-refractivity contribution in [2.45, 2.75) is 13.5 Å². The van der Waals surface area contributed by atoms with Gasteiger partial charge in [-0.05, 0) is 17.4 Å². The molecule has 0 radical (unpaired) electrons. The van der Waals surface area contributed by atoms with E-state index < -0.39 is 0 Å². The van der Waals surface area contributed by atoms with E-state index in [4.69, 9.17) is 0 Å². The van der Waals surface area contributed by atoms with Crippen molar-refractivity contribution in [1.82, 2.24) is 30.5 Å². The third-order valence-electron chi connectivity index (χ3n) is 1.58. The molecule has 0 aliphatic carbocycles. The fourth-order valence-corrected chi connectivity index (χ4v) is 0.856. The van der Waals surface area contributed by atoms with E-state index in [-0.39, 0.29) is 12.2 Å². The van der Waals surface area contributed by atoms with Crippen molar-refractivity contribution < 1.29 is 4.63 Å². The largest absolute Gasteiger partial charge is 0.361 e. The van der Waals surface area contributed by atoms with Gasteiger partial charge in [0, 0.05) is 0 Å². The molecule has 2 rings (SSSR count). The van der Waals surface area contributed by atoms with Gasteiger partial charge in [0.15, 0.2) is 0 Å². The molecule has 68 valence electrons. The summed E-state index contributed by atoms with van der Waals surface area (Å²) in [5.74, 6) is 0. The minimum Gasteiger partial charge on any atom is -0.245 e. The van der Waals surface area contributed by atoms with Gasteiger partial charge in [-0.25, -0.2) is 14.5 Å². The highest BCUT2D eigenvalue weighted by Gasteiger charge is 2.08. The van der Waals surface area contributed by atoms with E-state index in [1.807, 2.05) is 0 Å². The first-order chi connectivity index (χ1) is 6.27. The van der Waals surface area contributed by atoms with Crippen LogP contribution in [0, 0.1) is 6.92 Å². The van der Waals surface area contributed by atoms with Crippen LogP contribution in [0.1, 0.15) is 11.4 Å². The molecule has 13 heavy (non-hydrogen) atoms. The van der Waals surface area contributed by atoms with Gasteiger partial charge in [0.25, 0.3) is 0 Å². The molecule has 0 bridgehead atoms. The maximum absolute atomic E-state index is 11.0. The average molecular weight is 182 g/mol. The van der Waals surface area contributed by atoms with E-state index >= 15 is 0 Å². The zero-order chi connectivity index (χ0) is 9.26. The van der Waals surface area contributed by atoms with Crippen molar-refractivity contribution in [3.63, 3.8) is 0 Å². The van der Waals surface area contributed by atoms with Crippen LogP contribution >= 0.6 is 0 Å². The van der Waals surface area contributed by atoms with Crippen LogP contribution in [0.5, 0.6) is 0 Å². The number of aromatic nitrogens is 6. The molecule has 0 unspecified atom stereocenters. The first kappa shape index (κ1) is 7.65. The zero-order valence-corrected chi connectivity index (χ0v) is 6.76. The Bertz CT molecular complexity index is 453. The van der Waals surface area contributed by atoms with E-state index in [0.717, 1.165) is 4.68 Å². The third-order valence-corrected chi connectivity index (χ3v) is 1.58. The SMILES string of the molecule is Cc1nonc1Cn1nn[nH]c1=O. The quantitative estimate of drug-likeness (QED) is 0.619. The normalized spacial score (nSPS) is 10.5. The smallest absolute Gasteiger partial charge is 0.245 e. The maximum Gasteiger partial charge on any atom is 0.361 e.